The zero-order chi connectivity index (χ0) is 14.0. The Hall–Kier alpha value is -1.88. The van der Waals surface area contributed by atoms with Crippen LogP contribution in [0.5, 0.6) is 5.75 Å². The molecule has 0 amide bonds. The van der Waals surface area contributed by atoms with Crippen molar-refractivity contribution >= 4 is 17.3 Å². The molecule has 0 bridgehead atoms. The highest BCUT2D eigenvalue weighted by molar-refractivity contribution is 7.09. The summed E-state index contributed by atoms with van der Waals surface area (Å²) in [5.74, 6) is -0.167. The Morgan fingerprint density at radius 2 is 2.16 bits per heavy atom. The molecule has 0 aliphatic carbocycles. The molecule has 19 heavy (non-hydrogen) atoms. The summed E-state index contributed by atoms with van der Waals surface area (Å²) in [7, 11) is 1.64. The van der Waals surface area contributed by atoms with Crippen LogP contribution in [0.3, 0.4) is 0 Å². The van der Waals surface area contributed by atoms with E-state index in [9.17, 15) is 4.79 Å². The van der Waals surface area contributed by atoms with Crippen molar-refractivity contribution in [1.82, 2.24) is 4.98 Å². The van der Waals surface area contributed by atoms with Gasteiger partial charge in [-0.2, -0.15) is 0 Å². The number of thiazole rings is 1. The van der Waals surface area contributed by atoms with E-state index in [2.05, 4.69) is 11.1 Å². The van der Waals surface area contributed by atoms with E-state index in [4.69, 9.17) is 9.84 Å². The Morgan fingerprint density at radius 1 is 1.42 bits per heavy atom. The van der Waals surface area contributed by atoms with Crippen molar-refractivity contribution in [1.29, 1.82) is 0 Å². The molecule has 5 heteroatoms. The SMILES string of the molecule is COc1cc(C)cc(C)c1Cc1nc(C(=O)O)cs1. The molecule has 0 aliphatic heterocycles. The minimum Gasteiger partial charge on any atom is -0.496 e. The van der Waals surface area contributed by atoms with Crippen molar-refractivity contribution in [3.8, 4) is 5.75 Å². The lowest BCUT2D eigenvalue weighted by molar-refractivity contribution is 0.0691. The zero-order valence-electron chi connectivity index (χ0n) is 11.1. The molecule has 1 heterocycles. The molecule has 0 saturated carbocycles. The summed E-state index contributed by atoms with van der Waals surface area (Å²) in [4.78, 5) is 14.9. The number of benzene rings is 1. The summed E-state index contributed by atoms with van der Waals surface area (Å²) in [6.45, 7) is 4.04. The van der Waals surface area contributed by atoms with E-state index >= 15 is 0 Å². The van der Waals surface area contributed by atoms with E-state index in [0.29, 0.717) is 6.42 Å². The van der Waals surface area contributed by atoms with Crippen LogP contribution >= 0.6 is 11.3 Å². The monoisotopic (exact) mass is 277 g/mol. The van der Waals surface area contributed by atoms with Gasteiger partial charge in [0.15, 0.2) is 5.69 Å². The highest BCUT2D eigenvalue weighted by Crippen LogP contribution is 2.27. The van der Waals surface area contributed by atoms with Crippen molar-refractivity contribution in [3.63, 3.8) is 0 Å². The van der Waals surface area contributed by atoms with E-state index in [0.717, 1.165) is 27.4 Å². The molecule has 0 atom stereocenters. The van der Waals surface area contributed by atoms with Gasteiger partial charge in [0.1, 0.15) is 5.75 Å². The lowest BCUT2D eigenvalue weighted by atomic mass is 10.0. The van der Waals surface area contributed by atoms with Gasteiger partial charge in [0.25, 0.3) is 0 Å². The van der Waals surface area contributed by atoms with Gasteiger partial charge in [-0.15, -0.1) is 11.3 Å². The molecular formula is C14H15NO3S. The fourth-order valence-corrected chi connectivity index (χ4v) is 2.79. The van der Waals surface area contributed by atoms with Gasteiger partial charge in [-0.05, 0) is 31.0 Å². The summed E-state index contributed by atoms with van der Waals surface area (Å²) in [5, 5.41) is 11.2. The third kappa shape index (κ3) is 2.93. The van der Waals surface area contributed by atoms with Crippen molar-refractivity contribution < 1.29 is 14.6 Å². The summed E-state index contributed by atoms with van der Waals surface area (Å²) < 4.78 is 5.39. The number of aromatic nitrogens is 1. The highest BCUT2D eigenvalue weighted by atomic mass is 32.1. The average molecular weight is 277 g/mol. The third-order valence-corrected chi connectivity index (χ3v) is 3.74. The maximum atomic E-state index is 10.8. The van der Waals surface area contributed by atoms with Crippen LogP contribution < -0.4 is 4.74 Å². The van der Waals surface area contributed by atoms with Crippen molar-refractivity contribution in [3.05, 3.63) is 44.9 Å². The summed E-state index contributed by atoms with van der Waals surface area (Å²) >= 11 is 1.36. The van der Waals surface area contributed by atoms with Gasteiger partial charge in [0.2, 0.25) is 0 Å². The highest BCUT2D eigenvalue weighted by Gasteiger charge is 2.13. The number of aryl methyl sites for hydroxylation is 2. The summed E-state index contributed by atoms with van der Waals surface area (Å²) in [5.41, 5.74) is 3.43. The molecule has 0 aliphatic rings. The number of nitrogens with zero attached hydrogens (tertiary/aromatic N) is 1. The first-order chi connectivity index (χ1) is 9.01. The molecule has 100 valence electrons. The van der Waals surface area contributed by atoms with Crippen LogP contribution in [0.2, 0.25) is 0 Å². The summed E-state index contributed by atoms with van der Waals surface area (Å²) in [6.07, 6.45) is 0.591. The second-order valence-electron chi connectivity index (χ2n) is 4.37. The number of aromatic carboxylic acids is 1. The molecule has 0 saturated heterocycles. The van der Waals surface area contributed by atoms with Gasteiger partial charge in [0.05, 0.1) is 12.1 Å². The first kappa shape index (κ1) is 13.5. The Morgan fingerprint density at radius 3 is 2.74 bits per heavy atom. The molecule has 2 aromatic rings. The molecule has 0 unspecified atom stereocenters. The number of hydrogen-bond acceptors (Lipinski definition) is 4. The summed E-state index contributed by atoms with van der Waals surface area (Å²) in [6, 6.07) is 4.07. The zero-order valence-corrected chi connectivity index (χ0v) is 11.9. The first-order valence-corrected chi connectivity index (χ1v) is 6.71. The molecular weight excluding hydrogens is 262 g/mol. The van der Waals surface area contributed by atoms with Gasteiger partial charge in [-0.3, -0.25) is 0 Å². The fourth-order valence-electron chi connectivity index (χ4n) is 2.01. The van der Waals surface area contributed by atoms with E-state index in [1.165, 1.54) is 11.3 Å². The average Bonchev–Trinajstić information content (AvgIpc) is 2.81. The minimum atomic E-state index is -0.991. The number of carboxylic acid groups (broad SMARTS) is 1. The second-order valence-corrected chi connectivity index (χ2v) is 5.31. The maximum absolute atomic E-state index is 10.8. The fraction of sp³-hybridized carbons (Fsp3) is 0.286. The minimum absolute atomic E-state index is 0.101. The Kier molecular flexibility index (Phi) is 3.85. The Labute approximate surface area is 115 Å². The first-order valence-electron chi connectivity index (χ1n) is 5.83. The van der Waals surface area contributed by atoms with Gasteiger partial charge in [-0.1, -0.05) is 6.07 Å². The quantitative estimate of drug-likeness (QED) is 0.933. The number of hydrogen-bond donors (Lipinski definition) is 1. The molecule has 0 spiro atoms. The van der Waals surface area contributed by atoms with E-state index in [1.807, 2.05) is 19.9 Å². The topological polar surface area (TPSA) is 59.4 Å². The number of rotatable bonds is 4. The predicted octanol–water partition coefficient (Wildman–Crippen LogP) is 3.06. The number of methoxy groups -OCH3 is 1. The third-order valence-electron chi connectivity index (χ3n) is 2.90. The Balaban J connectivity index is 2.34. The normalized spacial score (nSPS) is 10.5. The second kappa shape index (κ2) is 5.40. The molecule has 0 radical (unpaired) electrons. The maximum Gasteiger partial charge on any atom is 0.355 e. The molecule has 1 aromatic carbocycles. The van der Waals surface area contributed by atoms with E-state index < -0.39 is 5.97 Å². The smallest absolute Gasteiger partial charge is 0.355 e. The molecule has 4 nitrogen and oxygen atoms in total. The molecule has 2 rings (SSSR count). The van der Waals surface area contributed by atoms with Crippen LogP contribution in [-0.2, 0) is 6.42 Å². The number of carboxylic acids is 1. The van der Waals surface area contributed by atoms with Crippen molar-refractivity contribution in [2.45, 2.75) is 20.3 Å². The van der Waals surface area contributed by atoms with Crippen molar-refractivity contribution in [2.24, 2.45) is 0 Å². The Bertz CT molecular complexity index is 619. The van der Waals surface area contributed by atoms with E-state index in [1.54, 1.807) is 12.5 Å². The van der Waals surface area contributed by atoms with Crippen LogP contribution in [0.15, 0.2) is 17.5 Å². The van der Waals surface area contributed by atoms with Crippen molar-refractivity contribution in [2.75, 3.05) is 7.11 Å². The lowest BCUT2D eigenvalue weighted by Crippen LogP contribution is -2.00. The largest absolute Gasteiger partial charge is 0.496 e. The molecule has 1 aromatic heterocycles. The van der Waals surface area contributed by atoms with Crippen LogP contribution in [0, 0.1) is 13.8 Å². The molecule has 1 N–H and O–H groups in total. The number of carbonyl (C=O) groups is 1. The van der Waals surface area contributed by atoms with Crippen LogP contribution in [0.4, 0.5) is 0 Å². The van der Waals surface area contributed by atoms with Crippen LogP contribution in [0.25, 0.3) is 0 Å². The number of ether oxygens (including phenoxy) is 1. The van der Waals surface area contributed by atoms with Gasteiger partial charge in [0, 0.05) is 17.4 Å². The van der Waals surface area contributed by atoms with Gasteiger partial charge < -0.3 is 9.84 Å². The van der Waals surface area contributed by atoms with Crippen LogP contribution in [0.1, 0.15) is 32.2 Å². The van der Waals surface area contributed by atoms with Gasteiger partial charge in [-0.25, -0.2) is 9.78 Å². The predicted molar refractivity (Wildman–Crippen MR) is 74.3 cm³/mol. The van der Waals surface area contributed by atoms with Crippen LogP contribution in [-0.4, -0.2) is 23.2 Å². The lowest BCUT2D eigenvalue weighted by Gasteiger charge is -2.11. The standard InChI is InChI=1S/C14H15NO3S/c1-8-4-9(2)10(12(5-8)18-3)6-13-15-11(7-19-13)14(16)17/h4-5,7H,6H2,1-3H3,(H,16,17). The molecule has 0 fully saturated rings. The van der Waals surface area contributed by atoms with Gasteiger partial charge >= 0.3 is 5.97 Å². The van der Waals surface area contributed by atoms with E-state index in [-0.39, 0.29) is 5.69 Å².